The Bertz CT molecular complexity index is 827. The summed E-state index contributed by atoms with van der Waals surface area (Å²) in [5.41, 5.74) is 1.59. The number of thiazole rings is 2. The van der Waals surface area contributed by atoms with Crippen LogP contribution in [0.1, 0.15) is 18.0 Å². The number of rotatable bonds is 5. The summed E-state index contributed by atoms with van der Waals surface area (Å²) in [6.07, 6.45) is 1.74. The van der Waals surface area contributed by atoms with Gasteiger partial charge in [0, 0.05) is 34.7 Å². The topological polar surface area (TPSA) is 93.6 Å². The fourth-order valence-electron chi connectivity index (χ4n) is 1.82. The normalized spacial score (nSPS) is 12.6. The molecule has 0 amide bonds. The van der Waals surface area contributed by atoms with Crippen LogP contribution in [-0.4, -0.2) is 14.9 Å². The number of aromatic nitrogens is 2. The molecule has 0 N–H and O–H groups in total. The van der Waals surface area contributed by atoms with Crippen LogP contribution in [0.3, 0.4) is 0 Å². The molecule has 7 nitrogen and oxygen atoms in total. The minimum atomic E-state index is -0.426. The SMILES string of the molecule is CC(N=Nc1nc(-c2ccc([N+](=O)[O-])cc2)cs1)c1nccs1. The van der Waals surface area contributed by atoms with Crippen molar-refractivity contribution in [2.45, 2.75) is 13.0 Å². The summed E-state index contributed by atoms with van der Waals surface area (Å²) in [6.45, 7) is 1.92. The van der Waals surface area contributed by atoms with Gasteiger partial charge in [0.05, 0.1) is 10.6 Å². The van der Waals surface area contributed by atoms with Crippen LogP contribution in [-0.2, 0) is 0 Å². The summed E-state index contributed by atoms with van der Waals surface area (Å²) in [4.78, 5) is 18.8. The third-order valence-corrected chi connectivity index (χ3v) is 4.66. The molecule has 0 aliphatic carbocycles. The number of nitro benzene ring substituents is 1. The minimum Gasteiger partial charge on any atom is -0.258 e. The van der Waals surface area contributed by atoms with E-state index in [9.17, 15) is 10.1 Å². The average Bonchev–Trinajstić information content (AvgIpc) is 3.24. The Kier molecular flexibility index (Phi) is 4.49. The van der Waals surface area contributed by atoms with Gasteiger partial charge in [-0.3, -0.25) is 10.1 Å². The summed E-state index contributed by atoms with van der Waals surface area (Å²) in [7, 11) is 0. The van der Waals surface area contributed by atoms with Gasteiger partial charge < -0.3 is 0 Å². The molecule has 0 saturated carbocycles. The van der Waals surface area contributed by atoms with Gasteiger partial charge in [-0.15, -0.1) is 27.8 Å². The predicted octanol–water partition coefficient (Wildman–Crippen LogP) is 5.02. The second kappa shape index (κ2) is 6.71. The van der Waals surface area contributed by atoms with Crippen LogP contribution < -0.4 is 0 Å². The van der Waals surface area contributed by atoms with Gasteiger partial charge in [0.1, 0.15) is 11.0 Å². The number of azo groups is 1. The van der Waals surface area contributed by atoms with Gasteiger partial charge in [-0.1, -0.05) is 0 Å². The highest BCUT2D eigenvalue weighted by Gasteiger charge is 2.09. The van der Waals surface area contributed by atoms with E-state index in [4.69, 9.17) is 0 Å². The van der Waals surface area contributed by atoms with Crippen LogP contribution >= 0.6 is 22.7 Å². The van der Waals surface area contributed by atoms with E-state index < -0.39 is 4.92 Å². The molecule has 1 unspecified atom stereocenters. The quantitative estimate of drug-likeness (QED) is 0.368. The van der Waals surface area contributed by atoms with Gasteiger partial charge in [0.2, 0.25) is 5.13 Å². The second-order valence-corrected chi connectivity index (χ2v) is 6.34. The Balaban J connectivity index is 1.74. The molecule has 9 heteroatoms. The maximum absolute atomic E-state index is 10.7. The van der Waals surface area contributed by atoms with Crippen molar-refractivity contribution in [2.24, 2.45) is 10.2 Å². The molecule has 116 valence electrons. The second-order valence-electron chi connectivity index (χ2n) is 4.58. The lowest BCUT2D eigenvalue weighted by molar-refractivity contribution is -0.384. The highest BCUT2D eigenvalue weighted by Crippen LogP contribution is 2.29. The third kappa shape index (κ3) is 3.63. The van der Waals surface area contributed by atoms with Gasteiger partial charge in [0.15, 0.2) is 0 Å². The number of nitrogens with zero attached hydrogens (tertiary/aromatic N) is 5. The Hall–Kier alpha value is -2.52. The molecule has 1 atom stereocenters. The largest absolute Gasteiger partial charge is 0.269 e. The van der Waals surface area contributed by atoms with E-state index in [1.54, 1.807) is 18.3 Å². The Morgan fingerprint density at radius 2 is 2.04 bits per heavy atom. The molecule has 0 spiro atoms. The van der Waals surface area contributed by atoms with Crippen molar-refractivity contribution in [3.05, 3.63) is 56.3 Å². The van der Waals surface area contributed by atoms with Crippen molar-refractivity contribution >= 4 is 33.5 Å². The number of non-ortho nitro benzene ring substituents is 1. The summed E-state index contributed by atoms with van der Waals surface area (Å²) in [5, 5.41) is 24.2. The summed E-state index contributed by atoms with van der Waals surface area (Å²) in [6, 6.07) is 6.15. The van der Waals surface area contributed by atoms with E-state index in [1.807, 2.05) is 17.7 Å². The maximum Gasteiger partial charge on any atom is 0.269 e. The van der Waals surface area contributed by atoms with Crippen LogP contribution in [0, 0.1) is 10.1 Å². The molecule has 23 heavy (non-hydrogen) atoms. The zero-order chi connectivity index (χ0) is 16.2. The smallest absolute Gasteiger partial charge is 0.258 e. The van der Waals surface area contributed by atoms with Crippen LogP contribution in [0.2, 0.25) is 0 Å². The molecule has 0 saturated heterocycles. The highest BCUT2D eigenvalue weighted by atomic mass is 32.1. The first kappa shape index (κ1) is 15.4. The summed E-state index contributed by atoms with van der Waals surface area (Å²) < 4.78 is 0. The van der Waals surface area contributed by atoms with Crippen LogP contribution in [0.25, 0.3) is 11.3 Å². The molecule has 0 aliphatic heterocycles. The van der Waals surface area contributed by atoms with Crippen LogP contribution in [0.15, 0.2) is 51.5 Å². The zero-order valence-corrected chi connectivity index (χ0v) is 13.6. The van der Waals surface area contributed by atoms with E-state index >= 15 is 0 Å². The number of hydrogen-bond acceptors (Lipinski definition) is 8. The molecule has 1 aromatic carbocycles. The monoisotopic (exact) mass is 345 g/mol. The van der Waals surface area contributed by atoms with Crippen LogP contribution in [0.4, 0.5) is 10.8 Å². The Labute approximate surface area is 139 Å². The fourth-order valence-corrected chi connectivity index (χ4v) is 3.10. The molecule has 3 aromatic rings. The molecule has 2 aromatic heterocycles. The predicted molar refractivity (Wildman–Crippen MR) is 89.2 cm³/mol. The zero-order valence-electron chi connectivity index (χ0n) is 12.0. The van der Waals surface area contributed by atoms with Crippen molar-refractivity contribution in [2.75, 3.05) is 0 Å². The van der Waals surface area contributed by atoms with E-state index in [0.717, 1.165) is 16.3 Å². The van der Waals surface area contributed by atoms with E-state index in [1.165, 1.54) is 34.8 Å². The molecular weight excluding hydrogens is 334 g/mol. The van der Waals surface area contributed by atoms with Gasteiger partial charge in [-0.05, 0) is 19.1 Å². The average molecular weight is 345 g/mol. The molecule has 0 aliphatic rings. The minimum absolute atomic E-state index is 0.0566. The Morgan fingerprint density at radius 1 is 1.26 bits per heavy atom. The molecule has 0 radical (unpaired) electrons. The van der Waals surface area contributed by atoms with Gasteiger partial charge in [-0.2, -0.15) is 5.11 Å². The van der Waals surface area contributed by atoms with Crippen molar-refractivity contribution in [3.8, 4) is 11.3 Å². The standard InChI is InChI=1S/C14H11N5O2S2/c1-9(13-15-6-7-22-13)17-18-14-16-12(8-23-14)10-2-4-11(5-3-10)19(20)21/h2-9H,1H3. The number of benzene rings is 1. The van der Waals surface area contributed by atoms with E-state index in [2.05, 4.69) is 20.2 Å². The van der Waals surface area contributed by atoms with Gasteiger partial charge >= 0.3 is 0 Å². The lowest BCUT2D eigenvalue weighted by Gasteiger charge is -1.97. The molecular formula is C14H11N5O2S2. The van der Waals surface area contributed by atoms with Crippen molar-refractivity contribution in [1.29, 1.82) is 0 Å². The first-order valence-corrected chi connectivity index (χ1v) is 8.40. The molecule has 3 rings (SSSR count). The lowest BCUT2D eigenvalue weighted by atomic mass is 10.1. The number of hydrogen-bond donors (Lipinski definition) is 0. The highest BCUT2D eigenvalue weighted by molar-refractivity contribution is 7.13. The van der Waals surface area contributed by atoms with Crippen molar-refractivity contribution in [3.63, 3.8) is 0 Å². The lowest BCUT2D eigenvalue weighted by Crippen LogP contribution is -1.87. The first-order chi connectivity index (χ1) is 11.1. The summed E-state index contributed by atoms with van der Waals surface area (Å²) in [5.74, 6) is 0. The van der Waals surface area contributed by atoms with Crippen molar-refractivity contribution in [1.82, 2.24) is 9.97 Å². The molecule has 0 bridgehead atoms. The van der Waals surface area contributed by atoms with E-state index in [-0.39, 0.29) is 11.7 Å². The summed E-state index contributed by atoms with van der Waals surface area (Å²) >= 11 is 2.91. The Morgan fingerprint density at radius 3 is 2.70 bits per heavy atom. The third-order valence-electron chi connectivity index (χ3n) is 2.99. The van der Waals surface area contributed by atoms with E-state index in [0.29, 0.717) is 5.13 Å². The maximum atomic E-state index is 10.7. The fraction of sp³-hybridized carbons (Fsp3) is 0.143. The van der Waals surface area contributed by atoms with Gasteiger partial charge in [0.25, 0.3) is 5.69 Å². The first-order valence-electron chi connectivity index (χ1n) is 6.64. The van der Waals surface area contributed by atoms with Crippen molar-refractivity contribution < 1.29 is 4.92 Å². The van der Waals surface area contributed by atoms with Crippen LogP contribution in [0.5, 0.6) is 0 Å². The molecule has 2 heterocycles. The van der Waals surface area contributed by atoms with Gasteiger partial charge in [-0.25, -0.2) is 9.97 Å². The number of nitro groups is 1. The molecule has 0 fully saturated rings.